The van der Waals surface area contributed by atoms with Crippen LogP contribution in [0.15, 0.2) is 54.6 Å². The number of tetrazole rings is 1. The minimum Gasteiger partial charge on any atom is -0.437 e. The van der Waals surface area contributed by atoms with E-state index in [1.54, 1.807) is 0 Å². The molecule has 0 aliphatic rings. The molecule has 0 atom stereocenters. The number of para-hydroxylation sites is 1. The molecule has 0 fully saturated rings. The molecule has 0 bridgehead atoms. The molecule has 6 nitrogen and oxygen atoms in total. The summed E-state index contributed by atoms with van der Waals surface area (Å²) in [7, 11) is 0. The molecular weight excluding hydrogens is 254 g/mol. The number of ether oxygens (including phenoxy) is 1. The van der Waals surface area contributed by atoms with Gasteiger partial charge in [0.1, 0.15) is 5.75 Å². The zero-order valence-corrected chi connectivity index (χ0v) is 10.3. The first-order chi connectivity index (χ1) is 9.92. The Hall–Kier alpha value is -3.02. The van der Waals surface area contributed by atoms with Crippen LogP contribution in [0.4, 0.5) is 0 Å². The lowest BCUT2D eigenvalue weighted by atomic mass is 10.2. The molecule has 96 valence electrons. The topological polar surface area (TPSA) is 65.2 Å². The van der Waals surface area contributed by atoms with Crippen LogP contribution >= 0.6 is 0 Å². The highest BCUT2D eigenvalue weighted by molar-refractivity contribution is 5.96. The average Bonchev–Trinajstić information content (AvgIpc) is 2.97. The summed E-state index contributed by atoms with van der Waals surface area (Å²) in [5.74, 6) is 1.20. The van der Waals surface area contributed by atoms with Gasteiger partial charge in [-0.05, 0) is 28.6 Å². The van der Waals surface area contributed by atoms with Gasteiger partial charge < -0.3 is 4.74 Å². The lowest BCUT2D eigenvalue weighted by Gasteiger charge is -2.07. The van der Waals surface area contributed by atoms with Crippen molar-refractivity contribution in [3.63, 3.8) is 0 Å². The van der Waals surface area contributed by atoms with E-state index in [2.05, 4.69) is 20.6 Å². The van der Waals surface area contributed by atoms with Gasteiger partial charge in [-0.3, -0.25) is 0 Å². The van der Waals surface area contributed by atoms with Crippen LogP contribution in [0.2, 0.25) is 0 Å². The molecular formula is C14H9N5O. The third-order valence-corrected chi connectivity index (χ3v) is 3.00. The highest BCUT2D eigenvalue weighted by Crippen LogP contribution is 2.28. The second kappa shape index (κ2) is 4.27. The molecule has 2 aromatic heterocycles. The van der Waals surface area contributed by atoms with Gasteiger partial charge in [0, 0.05) is 10.8 Å². The normalized spacial score (nSPS) is 11.0. The van der Waals surface area contributed by atoms with E-state index in [-0.39, 0.29) is 0 Å². The van der Waals surface area contributed by atoms with E-state index >= 15 is 0 Å². The second-order valence-corrected chi connectivity index (χ2v) is 4.26. The quantitative estimate of drug-likeness (QED) is 0.556. The van der Waals surface area contributed by atoms with Crippen molar-refractivity contribution >= 4 is 16.4 Å². The first kappa shape index (κ1) is 10.9. The molecule has 0 aliphatic heterocycles. The van der Waals surface area contributed by atoms with Crippen molar-refractivity contribution in [3.8, 4) is 11.6 Å². The monoisotopic (exact) mass is 263 g/mol. The Balaban J connectivity index is 1.96. The maximum atomic E-state index is 5.84. The molecule has 2 aromatic carbocycles. The first-order valence-electron chi connectivity index (χ1n) is 6.12. The van der Waals surface area contributed by atoms with Gasteiger partial charge >= 0.3 is 0 Å². The SMILES string of the molecule is c1ccc(Oc2nn3nnnc3c3ccccc23)cc1. The minimum absolute atomic E-state index is 0.478. The second-order valence-electron chi connectivity index (χ2n) is 4.26. The zero-order chi connectivity index (χ0) is 13.4. The zero-order valence-electron chi connectivity index (χ0n) is 10.3. The number of rotatable bonds is 2. The van der Waals surface area contributed by atoms with E-state index in [4.69, 9.17) is 4.74 Å². The molecule has 0 saturated carbocycles. The van der Waals surface area contributed by atoms with E-state index in [0.29, 0.717) is 11.5 Å². The Kier molecular flexibility index (Phi) is 2.32. The third-order valence-electron chi connectivity index (χ3n) is 3.00. The highest BCUT2D eigenvalue weighted by atomic mass is 16.5. The summed E-state index contributed by atoms with van der Waals surface area (Å²) in [5, 5.41) is 17.6. The molecule has 2 heterocycles. The Morgan fingerprint density at radius 2 is 1.60 bits per heavy atom. The van der Waals surface area contributed by atoms with E-state index in [1.807, 2.05) is 54.6 Å². The molecule has 20 heavy (non-hydrogen) atoms. The summed E-state index contributed by atoms with van der Waals surface area (Å²) in [6, 6.07) is 17.3. The smallest absolute Gasteiger partial charge is 0.247 e. The molecule has 0 N–H and O–H groups in total. The summed E-state index contributed by atoms with van der Waals surface area (Å²) in [6.07, 6.45) is 0. The van der Waals surface area contributed by atoms with Crippen LogP contribution in [0.3, 0.4) is 0 Å². The number of hydrogen-bond acceptors (Lipinski definition) is 5. The van der Waals surface area contributed by atoms with Crippen LogP contribution in [0.5, 0.6) is 11.6 Å². The van der Waals surface area contributed by atoms with Gasteiger partial charge in [0.15, 0.2) is 0 Å². The molecule has 0 radical (unpaired) electrons. The number of nitrogens with zero attached hydrogens (tertiary/aromatic N) is 5. The minimum atomic E-state index is 0.478. The molecule has 0 unspecified atom stereocenters. The molecule has 4 aromatic rings. The molecule has 0 spiro atoms. The predicted molar refractivity (Wildman–Crippen MR) is 72.6 cm³/mol. The molecule has 0 saturated heterocycles. The number of aromatic nitrogens is 5. The Morgan fingerprint density at radius 1 is 0.850 bits per heavy atom. The molecule has 4 rings (SSSR count). The number of hydrogen-bond donors (Lipinski definition) is 0. The maximum Gasteiger partial charge on any atom is 0.247 e. The van der Waals surface area contributed by atoms with Crippen molar-refractivity contribution in [1.29, 1.82) is 0 Å². The molecule has 0 amide bonds. The van der Waals surface area contributed by atoms with Gasteiger partial charge in [-0.15, -0.1) is 14.8 Å². The van der Waals surface area contributed by atoms with Crippen LogP contribution in [-0.2, 0) is 0 Å². The van der Waals surface area contributed by atoms with Crippen LogP contribution in [-0.4, -0.2) is 25.3 Å². The van der Waals surface area contributed by atoms with Crippen molar-refractivity contribution < 1.29 is 4.74 Å². The standard InChI is InChI=1S/C14H9N5O/c1-2-6-10(7-3-1)20-14-12-9-5-4-8-11(12)13-15-17-18-19(13)16-14/h1-9H. The maximum absolute atomic E-state index is 5.84. The fourth-order valence-electron chi connectivity index (χ4n) is 2.09. The third kappa shape index (κ3) is 1.66. The first-order valence-corrected chi connectivity index (χ1v) is 6.12. The van der Waals surface area contributed by atoms with Gasteiger partial charge in [0.05, 0.1) is 0 Å². The van der Waals surface area contributed by atoms with Gasteiger partial charge in [-0.2, -0.15) is 0 Å². The van der Waals surface area contributed by atoms with Crippen LogP contribution in [0.1, 0.15) is 0 Å². The van der Waals surface area contributed by atoms with Crippen molar-refractivity contribution in [2.24, 2.45) is 0 Å². The predicted octanol–water partition coefficient (Wildman–Crippen LogP) is 2.46. The van der Waals surface area contributed by atoms with Gasteiger partial charge in [0.25, 0.3) is 0 Å². The van der Waals surface area contributed by atoms with Crippen molar-refractivity contribution in [2.75, 3.05) is 0 Å². The number of benzene rings is 2. The molecule has 6 heteroatoms. The number of fused-ring (bicyclic) bond motifs is 3. The van der Waals surface area contributed by atoms with E-state index in [0.717, 1.165) is 16.5 Å². The average molecular weight is 263 g/mol. The summed E-state index contributed by atoms with van der Waals surface area (Å²) < 4.78 is 7.22. The van der Waals surface area contributed by atoms with Gasteiger partial charge in [-0.1, -0.05) is 36.4 Å². The van der Waals surface area contributed by atoms with E-state index in [1.165, 1.54) is 4.63 Å². The van der Waals surface area contributed by atoms with Crippen molar-refractivity contribution in [2.45, 2.75) is 0 Å². The van der Waals surface area contributed by atoms with Gasteiger partial charge in [-0.25, -0.2) is 0 Å². The lowest BCUT2D eigenvalue weighted by molar-refractivity contribution is 0.454. The van der Waals surface area contributed by atoms with Crippen molar-refractivity contribution in [1.82, 2.24) is 25.3 Å². The lowest BCUT2D eigenvalue weighted by Crippen LogP contribution is -1.99. The Bertz CT molecular complexity index is 888. The summed E-state index contributed by atoms with van der Waals surface area (Å²) >= 11 is 0. The fraction of sp³-hybridized carbons (Fsp3) is 0. The van der Waals surface area contributed by atoms with Crippen molar-refractivity contribution in [3.05, 3.63) is 54.6 Å². The highest BCUT2D eigenvalue weighted by Gasteiger charge is 2.12. The fourth-order valence-corrected chi connectivity index (χ4v) is 2.09. The Morgan fingerprint density at radius 3 is 2.45 bits per heavy atom. The van der Waals surface area contributed by atoms with Crippen LogP contribution in [0, 0.1) is 0 Å². The summed E-state index contributed by atoms with van der Waals surface area (Å²) in [5.41, 5.74) is 0.612. The van der Waals surface area contributed by atoms with Crippen LogP contribution < -0.4 is 4.74 Å². The van der Waals surface area contributed by atoms with E-state index < -0.39 is 0 Å². The van der Waals surface area contributed by atoms with Crippen LogP contribution in [0.25, 0.3) is 16.4 Å². The van der Waals surface area contributed by atoms with E-state index in [9.17, 15) is 0 Å². The summed E-state index contributed by atoms with van der Waals surface area (Å²) in [6.45, 7) is 0. The Labute approximate surface area is 113 Å². The van der Waals surface area contributed by atoms with Gasteiger partial charge in [0.2, 0.25) is 11.5 Å². The molecule has 0 aliphatic carbocycles. The largest absolute Gasteiger partial charge is 0.437 e. The summed E-state index contributed by atoms with van der Waals surface area (Å²) in [4.78, 5) is 0.